The first-order valence-corrected chi connectivity index (χ1v) is 12.6. The molecule has 0 bridgehead atoms. The SMILES string of the molecule is CCCCCCCCOC(=O)C(C)c1cc(-n2nc3ccc(Cl)cc3n2)c(O)c(C(C)(C)C)c1. The van der Waals surface area contributed by atoms with Crippen molar-refractivity contribution in [1.82, 2.24) is 15.0 Å². The van der Waals surface area contributed by atoms with Crippen LogP contribution in [-0.4, -0.2) is 32.7 Å². The highest BCUT2D eigenvalue weighted by atomic mass is 35.5. The van der Waals surface area contributed by atoms with Crippen LogP contribution in [0.3, 0.4) is 0 Å². The second kappa shape index (κ2) is 11.2. The summed E-state index contributed by atoms with van der Waals surface area (Å²) in [5, 5.41) is 20.7. The van der Waals surface area contributed by atoms with Gasteiger partial charge in [0.15, 0.2) is 0 Å². The van der Waals surface area contributed by atoms with E-state index in [1.54, 1.807) is 24.3 Å². The molecule has 0 aliphatic heterocycles. The highest BCUT2D eigenvalue weighted by Crippen LogP contribution is 2.38. The van der Waals surface area contributed by atoms with Gasteiger partial charge in [0, 0.05) is 10.6 Å². The van der Waals surface area contributed by atoms with Crippen LogP contribution in [0.15, 0.2) is 30.3 Å². The molecule has 0 saturated heterocycles. The predicted molar refractivity (Wildman–Crippen MR) is 137 cm³/mol. The summed E-state index contributed by atoms with van der Waals surface area (Å²) >= 11 is 6.10. The van der Waals surface area contributed by atoms with Gasteiger partial charge in [-0.05, 0) is 48.6 Å². The fraction of sp³-hybridized carbons (Fsp3) is 0.519. The second-order valence-electron chi connectivity index (χ2n) is 9.97. The molecular weight excluding hydrogens is 450 g/mol. The van der Waals surface area contributed by atoms with Crippen molar-refractivity contribution in [2.24, 2.45) is 0 Å². The van der Waals surface area contributed by atoms with Crippen molar-refractivity contribution in [3.63, 3.8) is 0 Å². The van der Waals surface area contributed by atoms with Crippen molar-refractivity contribution < 1.29 is 14.6 Å². The van der Waals surface area contributed by atoms with Crippen molar-refractivity contribution in [2.75, 3.05) is 6.61 Å². The smallest absolute Gasteiger partial charge is 0.313 e. The minimum Gasteiger partial charge on any atom is -0.505 e. The molecule has 1 N–H and O–H groups in total. The third-order valence-corrected chi connectivity index (χ3v) is 6.31. The third-order valence-electron chi connectivity index (χ3n) is 6.07. The molecule has 1 atom stereocenters. The number of halogens is 1. The highest BCUT2D eigenvalue weighted by Gasteiger charge is 2.26. The van der Waals surface area contributed by atoms with E-state index >= 15 is 0 Å². The molecule has 0 fully saturated rings. The van der Waals surface area contributed by atoms with E-state index in [4.69, 9.17) is 16.3 Å². The molecule has 6 nitrogen and oxygen atoms in total. The Morgan fingerprint density at radius 3 is 2.44 bits per heavy atom. The molecule has 1 heterocycles. The van der Waals surface area contributed by atoms with Crippen LogP contribution in [0, 0.1) is 0 Å². The molecule has 3 aromatic rings. The molecule has 184 valence electrons. The maximum Gasteiger partial charge on any atom is 0.313 e. The lowest BCUT2D eigenvalue weighted by molar-refractivity contribution is -0.145. The summed E-state index contributed by atoms with van der Waals surface area (Å²) in [5.74, 6) is -0.661. The Morgan fingerprint density at radius 2 is 1.74 bits per heavy atom. The molecular formula is C27H36ClN3O3. The Morgan fingerprint density at radius 1 is 1.06 bits per heavy atom. The maximum absolute atomic E-state index is 12.8. The van der Waals surface area contributed by atoms with E-state index in [0.717, 1.165) is 24.0 Å². The number of phenolic OH excluding ortho intramolecular Hbond substituents is 1. The maximum atomic E-state index is 12.8. The van der Waals surface area contributed by atoms with Gasteiger partial charge in [-0.15, -0.1) is 15.0 Å². The summed E-state index contributed by atoms with van der Waals surface area (Å²) in [6.45, 7) is 10.5. The number of hydrogen-bond acceptors (Lipinski definition) is 5. The molecule has 0 saturated carbocycles. The van der Waals surface area contributed by atoms with Gasteiger partial charge in [-0.25, -0.2) is 0 Å². The largest absolute Gasteiger partial charge is 0.505 e. The Bertz CT molecular complexity index is 1130. The quantitative estimate of drug-likeness (QED) is 0.245. The van der Waals surface area contributed by atoms with Crippen molar-refractivity contribution in [3.05, 3.63) is 46.5 Å². The van der Waals surface area contributed by atoms with E-state index in [1.165, 1.54) is 30.5 Å². The number of hydrogen-bond donors (Lipinski definition) is 1. The topological polar surface area (TPSA) is 77.2 Å². The average Bonchev–Trinajstić information content (AvgIpc) is 3.20. The number of carbonyl (C=O) groups excluding carboxylic acids is 1. The summed E-state index contributed by atoms with van der Waals surface area (Å²) in [6, 6.07) is 8.92. The van der Waals surface area contributed by atoms with E-state index < -0.39 is 5.92 Å². The van der Waals surface area contributed by atoms with E-state index in [1.807, 2.05) is 33.8 Å². The molecule has 3 rings (SSSR count). The normalized spacial score (nSPS) is 12.8. The van der Waals surface area contributed by atoms with Crippen molar-refractivity contribution in [1.29, 1.82) is 0 Å². The van der Waals surface area contributed by atoms with Gasteiger partial charge in [0.05, 0.1) is 12.5 Å². The van der Waals surface area contributed by atoms with Gasteiger partial charge in [0.25, 0.3) is 0 Å². The summed E-state index contributed by atoms with van der Waals surface area (Å²) in [7, 11) is 0. The fourth-order valence-electron chi connectivity index (χ4n) is 3.93. The Balaban J connectivity index is 1.85. The van der Waals surface area contributed by atoms with Gasteiger partial charge >= 0.3 is 5.97 Å². The van der Waals surface area contributed by atoms with E-state index in [0.29, 0.717) is 28.4 Å². The summed E-state index contributed by atoms with van der Waals surface area (Å²) in [6.07, 6.45) is 6.83. The molecule has 0 amide bonds. The number of rotatable bonds is 10. The summed E-state index contributed by atoms with van der Waals surface area (Å²) < 4.78 is 5.57. The van der Waals surface area contributed by atoms with Crippen LogP contribution in [0.5, 0.6) is 5.75 Å². The number of nitrogens with zero attached hydrogens (tertiary/aromatic N) is 3. The zero-order chi connectivity index (χ0) is 24.9. The number of carbonyl (C=O) groups is 1. The molecule has 7 heteroatoms. The summed E-state index contributed by atoms with van der Waals surface area (Å²) in [5.41, 5.74) is 2.83. The van der Waals surface area contributed by atoms with Crippen LogP contribution >= 0.6 is 11.6 Å². The van der Waals surface area contributed by atoms with Gasteiger partial charge in [0.1, 0.15) is 22.5 Å². The number of ether oxygens (including phenoxy) is 1. The van der Waals surface area contributed by atoms with Crippen molar-refractivity contribution in [2.45, 2.75) is 84.5 Å². The molecule has 0 spiro atoms. The molecule has 0 aliphatic carbocycles. The Kier molecular flexibility index (Phi) is 8.58. The van der Waals surface area contributed by atoms with Gasteiger partial charge in [-0.3, -0.25) is 4.79 Å². The van der Waals surface area contributed by atoms with E-state index in [2.05, 4.69) is 17.1 Å². The minimum atomic E-state index is -0.486. The molecule has 0 radical (unpaired) electrons. The van der Waals surface area contributed by atoms with Crippen LogP contribution in [0.4, 0.5) is 0 Å². The zero-order valence-electron chi connectivity index (χ0n) is 20.9. The van der Waals surface area contributed by atoms with Crippen LogP contribution in [-0.2, 0) is 14.9 Å². The molecule has 1 aromatic heterocycles. The number of unbranched alkanes of at least 4 members (excludes halogenated alkanes) is 5. The third kappa shape index (κ3) is 6.29. The van der Waals surface area contributed by atoms with Crippen LogP contribution in [0.2, 0.25) is 5.02 Å². The lowest BCUT2D eigenvalue weighted by Crippen LogP contribution is -2.18. The predicted octanol–water partition coefficient (Wildman–Crippen LogP) is 7.08. The van der Waals surface area contributed by atoms with Gasteiger partial charge in [-0.1, -0.05) is 77.5 Å². The van der Waals surface area contributed by atoms with E-state index in [9.17, 15) is 9.90 Å². The van der Waals surface area contributed by atoms with Crippen LogP contribution in [0.1, 0.15) is 90.2 Å². The minimum absolute atomic E-state index is 0.0929. The first-order valence-electron chi connectivity index (χ1n) is 12.2. The molecule has 0 aliphatic rings. The highest BCUT2D eigenvalue weighted by molar-refractivity contribution is 6.31. The Labute approximate surface area is 207 Å². The van der Waals surface area contributed by atoms with Crippen LogP contribution in [0.25, 0.3) is 16.7 Å². The van der Waals surface area contributed by atoms with Crippen molar-refractivity contribution in [3.8, 4) is 11.4 Å². The molecule has 2 aromatic carbocycles. The lowest BCUT2D eigenvalue weighted by Gasteiger charge is -2.24. The fourth-order valence-corrected chi connectivity index (χ4v) is 4.09. The zero-order valence-corrected chi connectivity index (χ0v) is 21.7. The number of phenols is 1. The first-order chi connectivity index (χ1) is 16.1. The van der Waals surface area contributed by atoms with Gasteiger partial charge in [-0.2, -0.15) is 0 Å². The standard InChI is InChI=1S/C27H36ClN3O3/c1-6-7-8-9-10-11-14-34-26(33)18(2)19-15-21(27(3,4)5)25(32)24(16-19)31-29-22-13-12-20(28)17-23(22)30-31/h12-13,15-18,32H,6-11,14H2,1-5H3. The van der Waals surface area contributed by atoms with Gasteiger partial charge < -0.3 is 9.84 Å². The lowest BCUT2D eigenvalue weighted by atomic mass is 9.83. The number of esters is 1. The average molecular weight is 486 g/mol. The number of aromatic hydroxyl groups is 1. The van der Waals surface area contributed by atoms with Crippen LogP contribution < -0.4 is 0 Å². The second-order valence-corrected chi connectivity index (χ2v) is 10.4. The first kappa shape index (κ1) is 26.0. The number of aromatic nitrogens is 3. The Hall–Kier alpha value is -2.60. The number of fused-ring (bicyclic) bond motifs is 1. The molecule has 1 unspecified atom stereocenters. The number of benzene rings is 2. The van der Waals surface area contributed by atoms with E-state index in [-0.39, 0.29) is 17.1 Å². The summed E-state index contributed by atoms with van der Waals surface area (Å²) in [4.78, 5) is 14.2. The van der Waals surface area contributed by atoms with Gasteiger partial charge in [0.2, 0.25) is 0 Å². The van der Waals surface area contributed by atoms with Crippen molar-refractivity contribution >= 4 is 28.6 Å². The monoisotopic (exact) mass is 485 g/mol. The molecule has 34 heavy (non-hydrogen) atoms.